The van der Waals surface area contributed by atoms with Gasteiger partial charge < -0.3 is 10.1 Å². The molecule has 1 aromatic carbocycles. The van der Waals surface area contributed by atoms with Crippen LogP contribution in [0.5, 0.6) is 0 Å². The molecule has 0 saturated carbocycles. The van der Waals surface area contributed by atoms with Gasteiger partial charge in [-0.15, -0.1) is 0 Å². The van der Waals surface area contributed by atoms with E-state index in [0.717, 1.165) is 11.6 Å². The number of carbonyl (C=O) groups excluding carboxylic acids is 2. The number of nitro groups is 1. The Bertz CT molecular complexity index is 789. The molecule has 7 nitrogen and oxygen atoms in total. The molecule has 1 heterocycles. The summed E-state index contributed by atoms with van der Waals surface area (Å²) < 4.78 is 4.78. The van der Waals surface area contributed by atoms with E-state index in [9.17, 15) is 19.7 Å². The van der Waals surface area contributed by atoms with Crippen molar-refractivity contribution in [3.63, 3.8) is 0 Å². The second kappa shape index (κ2) is 8.23. The normalized spacial score (nSPS) is 10.5. The van der Waals surface area contributed by atoms with Gasteiger partial charge in [0.05, 0.1) is 4.92 Å². The minimum absolute atomic E-state index is 0.0389. The highest BCUT2D eigenvalue weighted by Crippen LogP contribution is 2.27. The molecular weight excluding hydrogens is 356 g/mol. The fourth-order valence-corrected chi connectivity index (χ4v) is 2.46. The standard InChI is InChI=1S/C15H11ClN2O5S/c16-12-3-2-11(7-13(12)18(21)22)17-14(19)8-23-15(20)4-1-10-5-6-24-9-10/h1-7,9H,8H2,(H,17,19)/b4-1+. The van der Waals surface area contributed by atoms with Crippen LogP contribution in [-0.2, 0) is 14.3 Å². The van der Waals surface area contributed by atoms with Gasteiger partial charge in [-0.25, -0.2) is 4.79 Å². The Morgan fingerprint density at radius 3 is 2.83 bits per heavy atom. The first-order valence-corrected chi connectivity index (χ1v) is 7.88. The number of thiophene rings is 1. The van der Waals surface area contributed by atoms with Gasteiger partial charge in [-0.05, 0) is 40.6 Å². The molecule has 0 bridgehead atoms. The largest absolute Gasteiger partial charge is 0.452 e. The van der Waals surface area contributed by atoms with Crippen LogP contribution >= 0.6 is 22.9 Å². The van der Waals surface area contributed by atoms with Crippen molar-refractivity contribution in [1.29, 1.82) is 0 Å². The first kappa shape index (κ1) is 17.6. The van der Waals surface area contributed by atoms with Gasteiger partial charge in [0, 0.05) is 17.8 Å². The predicted molar refractivity (Wildman–Crippen MR) is 91.0 cm³/mol. The first-order chi connectivity index (χ1) is 11.5. The van der Waals surface area contributed by atoms with Crippen molar-refractivity contribution in [3.05, 3.63) is 61.8 Å². The maximum absolute atomic E-state index is 11.7. The summed E-state index contributed by atoms with van der Waals surface area (Å²) in [6.45, 7) is -0.511. The van der Waals surface area contributed by atoms with Crippen LogP contribution in [0, 0.1) is 10.1 Å². The van der Waals surface area contributed by atoms with E-state index in [1.54, 1.807) is 6.08 Å². The monoisotopic (exact) mass is 366 g/mol. The number of rotatable bonds is 6. The van der Waals surface area contributed by atoms with Gasteiger partial charge in [0.15, 0.2) is 6.61 Å². The molecule has 0 aliphatic carbocycles. The van der Waals surface area contributed by atoms with E-state index in [4.69, 9.17) is 16.3 Å². The van der Waals surface area contributed by atoms with Crippen molar-refractivity contribution in [1.82, 2.24) is 0 Å². The summed E-state index contributed by atoms with van der Waals surface area (Å²) in [6, 6.07) is 5.66. The number of ether oxygens (including phenoxy) is 1. The Kier molecular flexibility index (Phi) is 6.05. The van der Waals surface area contributed by atoms with Crippen molar-refractivity contribution in [3.8, 4) is 0 Å². The third kappa shape index (κ3) is 5.18. The van der Waals surface area contributed by atoms with Gasteiger partial charge in [-0.2, -0.15) is 11.3 Å². The summed E-state index contributed by atoms with van der Waals surface area (Å²) >= 11 is 7.17. The van der Waals surface area contributed by atoms with E-state index < -0.39 is 23.4 Å². The molecule has 24 heavy (non-hydrogen) atoms. The number of nitrogens with one attached hydrogen (secondary N) is 1. The van der Waals surface area contributed by atoms with E-state index in [1.165, 1.54) is 29.5 Å². The lowest BCUT2D eigenvalue weighted by atomic mass is 10.3. The highest BCUT2D eigenvalue weighted by atomic mass is 35.5. The Morgan fingerprint density at radius 2 is 2.17 bits per heavy atom. The van der Waals surface area contributed by atoms with Crippen LogP contribution in [0.4, 0.5) is 11.4 Å². The average Bonchev–Trinajstić information content (AvgIpc) is 3.06. The fourth-order valence-electron chi connectivity index (χ4n) is 1.65. The van der Waals surface area contributed by atoms with Crippen molar-refractivity contribution < 1.29 is 19.2 Å². The van der Waals surface area contributed by atoms with Gasteiger partial charge in [0.2, 0.25) is 0 Å². The van der Waals surface area contributed by atoms with E-state index in [1.807, 2.05) is 16.8 Å². The number of amides is 1. The molecule has 1 amide bonds. The molecule has 0 aliphatic heterocycles. The SMILES string of the molecule is O=C(COC(=O)/C=C/c1ccsc1)Nc1ccc(Cl)c([N+](=O)[O-])c1. The Hall–Kier alpha value is -2.71. The molecule has 9 heteroatoms. The molecule has 2 aromatic rings. The lowest BCUT2D eigenvalue weighted by Crippen LogP contribution is -2.20. The molecule has 0 fully saturated rings. The molecule has 1 N–H and O–H groups in total. The first-order valence-electron chi connectivity index (χ1n) is 6.56. The zero-order chi connectivity index (χ0) is 17.5. The van der Waals surface area contributed by atoms with Crippen molar-refractivity contribution in [2.24, 2.45) is 0 Å². The number of carbonyl (C=O) groups is 2. The predicted octanol–water partition coefficient (Wildman–Crippen LogP) is 3.50. The summed E-state index contributed by atoms with van der Waals surface area (Å²) in [6.07, 6.45) is 2.78. The lowest BCUT2D eigenvalue weighted by Gasteiger charge is -2.05. The molecule has 1 aromatic heterocycles. The van der Waals surface area contributed by atoms with Gasteiger partial charge in [0.1, 0.15) is 5.02 Å². The molecule has 0 unspecified atom stereocenters. The highest BCUT2D eigenvalue weighted by molar-refractivity contribution is 7.08. The summed E-state index contributed by atoms with van der Waals surface area (Å²) in [5, 5.41) is 16.8. The lowest BCUT2D eigenvalue weighted by molar-refractivity contribution is -0.384. The average molecular weight is 367 g/mol. The molecular formula is C15H11ClN2O5S. The van der Waals surface area contributed by atoms with Gasteiger partial charge in [-0.1, -0.05) is 11.6 Å². The molecule has 0 aliphatic rings. The quantitative estimate of drug-likeness (QED) is 0.365. The van der Waals surface area contributed by atoms with Crippen molar-refractivity contribution >= 4 is 52.3 Å². The third-order valence-electron chi connectivity index (χ3n) is 2.73. The van der Waals surface area contributed by atoms with Crippen LogP contribution < -0.4 is 5.32 Å². The number of anilines is 1. The van der Waals surface area contributed by atoms with Crippen LogP contribution in [0.1, 0.15) is 5.56 Å². The van der Waals surface area contributed by atoms with E-state index in [-0.39, 0.29) is 16.4 Å². The smallest absolute Gasteiger partial charge is 0.331 e. The Labute approximate surface area is 145 Å². The number of hydrogen-bond donors (Lipinski definition) is 1. The second-order valence-electron chi connectivity index (χ2n) is 4.47. The van der Waals surface area contributed by atoms with Gasteiger partial charge >= 0.3 is 5.97 Å². The summed E-state index contributed by atoms with van der Waals surface area (Å²) in [5.74, 6) is -1.29. The minimum atomic E-state index is -0.668. The van der Waals surface area contributed by atoms with Gasteiger partial charge in [-0.3, -0.25) is 14.9 Å². The molecule has 0 atom stereocenters. The second-order valence-corrected chi connectivity index (χ2v) is 5.66. The van der Waals surface area contributed by atoms with Crippen LogP contribution in [0.15, 0.2) is 41.1 Å². The van der Waals surface area contributed by atoms with Crippen molar-refractivity contribution in [2.45, 2.75) is 0 Å². The van der Waals surface area contributed by atoms with Crippen LogP contribution in [0.25, 0.3) is 6.08 Å². The number of benzene rings is 1. The maximum atomic E-state index is 11.7. The van der Waals surface area contributed by atoms with Crippen LogP contribution in [0.3, 0.4) is 0 Å². The van der Waals surface area contributed by atoms with Crippen LogP contribution in [0.2, 0.25) is 5.02 Å². The number of nitro benzene ring substituents is 1. The molecule has 0 saturated heterocycles. The van der Waals surface area contributed by atoms with E-state index in [2.05, 4.69) is 5.32 Å². The highest BCUT2D eigenvalue weighted by Gasteiger charge is 2.14. The maximum Gasteiger partial charge on any atom is 0.331 e. The molecule has 124 valence electrons. The zero-order valence-electron chi connectivity index (χ0n) is 12.1. The van der Waals surface area contributed by atoms with E-state index in [0.29, 0.717) is 0 Å². The Morgan fingerprint density at radius 1 is 1.38 bits per heavy atom. The third-order valence-corrected chi connectivity index (χ3v) is 3.75. The summed E-state index contributed by atoms with van der Waals surface area (Å²) in [5.41, 5.74) is 0.709. The van der Waals surface area contributed by atoms with Crippen LogP contribution in [-0.4, -0.2) is 23.4 Å². The summed E-state index contributed by atoms with van der Waals surface area (Å²) in [4.78, 5) is 33.3. The minimum Gasteiger partial charge on any atom is -0.452 e. The molecule has 0 spiro atoms. The number of esters is 1. The Balaban J connectivity index is 1.86. The fraction of sp³-hybridized carbons (Fsp3) is 0.0667. The van der Waals surface area contributed by atoms with Crippen molar-refractivity contribution in [2.75, 3.05) is 11.9 Å². The van der Waals surface area contributed by atoms with E-state index >= 15 is 0 Å². The topological polar surface area (TPSA) is 98.5 Å². The number of hydrogen-bond acceptors (Lipinski definition) is 6. The zero-order valence-corrected chi connectivity index (χ0v) is 13.7. The van der Waals surface area contributed by atoms with Gasteiger partial charge in [0.25, 0.3) is 11.6 Å². The number of nitrogens with zero attached hydrogens (tertiary/aromatic N) is 1. The molecule has 0 radical (unpaired) electrons. The number of halogens is 1. The molecule has 2 rings (SSSR count). The summed E-state index contributed by atoms with van der Waals surface area (Å²) in [7, 11) is 0.